The lowest BCUT2D eigenvalue weighted by atomic mass is 10.0. The zero-order chi connectivity index (χ0) is 13.0. The predicted octanol–water partition coefficient (Wildman–Crippen LogP) is 3.29. The zero-order valence-electron chi connectivity index (χ0n) is 9.90. The molecular weight excluding hydrogens is 269 g/mol. The van der Waals surface area contributed by atoms with Gasteiger partial charge in [-0.05, 0) is 37.2 Å². The number of rotatable bonds is 4. The fraction of sp³-hybridized carbons (Fsp3) is 0.231. The van der Waals surface area contributed by atoms with Crippen LogP contribution in [-0.2, 0) is 6.42 Å². The van der Waals surface area contributed by atoms with Gasteiger partial charge in [0.2, 0.25) is 0 Å². The monoisotopic (exact) mass is 281 g/mol. The van der Waals surface area contributed by atoms with Gasteiger partial charge in [0.05, 0.1) is 11.7 Å². The highest BCUT2D eigenvalue weighted by Crippen LogP contribution is 2.25. The average molecular weight is 282 g/mol. The Morgan fingerprint density at radius 2 is 2.11 bits per heavy atom. The summed E-state index contributed by atoms with van der Waals surface area (Å²) < 4.78 is 0. The molecular formula is C13H13Cl2N3. The van der Waals surface area contributed by atoms with Crippen LogP contribution in [0, 0.1) is 0 Å². The third-order valence-electron chi connectivity index (χ3n) is 2.75. The maximum Gasteiger partial charge on any atom is 0.115 e. The summed E-state index contributed by atoms with van der Waals surface area (Å²) >= 11 is 12.1. The summed E-state index contributed by atoms with van der Waals surface area (Å²) in [6.07, 6.45) is 4.03. The molecule has 0 radical (unpaired) electrons. The number of nitrogens with zero attached hydrogens (tertiary/aromatic N) is 2. The first kappa shape index (κ1) is 13.3. The van der Waals surface area contributed by atoms with Crippen molar-refractivity contribution in [2.24, 2.45) is 0 Å². The molecule has 0 saturated carbocycles. The lowest BCUT2D eigenvalue weighted by Crippen LogP contribution is -2.20. The van der Waals surface area contributed by atoms with Crippen LogP contribution in [0.3, 0.4) is 0 Å². The number of hydrogen-bond acceptors (Lipinski definition) is 3. The van der Waals surface area contributed by atoms with Crippen molar-refractivity contribution in [3.63, 3.8) is 0 Å². The van der Waals surface area contributed by atoms with Crippen LogP contribution in [0.1, 0.15) is 17.3 Å². The van der Waals surface area contributed by atoms with E-state index >= 15 is 0 Å². The topological polar surface area (TPSA) is 37.8 Å². The molecule has 0 fully saturated rings. The summed E-state index contributed by atoms with van der Waals surface area (Å²) in [7, 11) is 1.90. The molecule has 2 aromatic rings. The molecule has 0 bridgehead atoms. The molecule has 2 rings (SSSR count). The standard InChI is InChI=1S/C13H13Cl2N3/c1-16-13(12-4-5-17-8-18-12)6-9-2-3-10(14)7-11(9)15/h2-5,7-8,13,16H,6H2,1H3. The van der Waals surface area contributed by atoms with Crippen molar-refractivity contribution in [3.8, 4) is 0 Å². The Morgan fingerprint density at radius 1 is 1.28 bits per heavy atom. The van der Waals surface area contributed by atoms with Gasteiger partial charge in [-0.2, -0.15) is 0 Å². The normalized spacial score (nSPS) is 12.4. The summed E-state index contributed by atoms with van der Waals surface area (Å²) in [5.41, 5.74) is 1.98. The van der Waals surface area contributed by atoms with Crippen molar-refractivity contribution in [2.75, 3.05) is 7.05 Å². The molecule has 0 aliphatic rings. The Bertz CT molecular complexity index is 517. The zero-order valence-corrected chi connectivity index (χ0v) is 11.4. The van der Waals surface area contributed by atoms with Crippen molar-refractivity contribution >= 4 is 23.2 Å². The lowest BCUT2D eigenvalue weighted by molar-refractivity contribution is 0.574. The van der Waals surface area contributed by atoms with Gasteiger partial charge in [0, 0.05) is 16.2 Å². The van der Waals surface area contributed by atoms with Crippen LogP contribution in [0.2, 0.25) is 10.0 Å². The molecule has 3 nitrogen and oxygen atoms in total. The second kappa shape index (κ2) is 6.14. The minimum atomic E-state index is 0.103. The molecule has 0 spiro atoms. The molecule has 0 aliphatic heterocycles. The lowest BCUT2D eigenvalue weighted by Gasteiger charge is -2.16. The molecule has 1 N–H and O–H groups in total. The van der Waals surface area contributed by atoms with E-state index in [1.54, 1.807) is 18.6 Å². The van der Waals surface area contributed by atoms with Gasteiger partial charge in [0.15, 0.2) is 0 Å². The highest BCUT2D eigenvalue weighted by molar-refractivity contribution is 6.35. The molecule has 1 heterocycles. The number of aromatic nitrogens is 2. The van der Waals surface area contributed by atoms with Crippen LogP contribution >= 0.6 is 23.2 Å². The Labute approximate surface area is 116 Å². The van der Waals surface area contributed by atoms with Gasteiger partial charge in [-0.25, -0.2) is 9.97 Å². The van der Waals surface area contributed by atoms with E-state index in [-0.39, 0.29) is 6.04 Å². The highest BCUT2D eigenvalue weighted by atomic mass is 35.5. The summed E-state index contributed by atoms with van der Waals surface area (Å²) in [6, 6.07) is 7.54. The van der Waals surface area contributed by atoms with Crippen molar-refractivity contribution in [1.29, 1.82) is 0 Å². The van der Waals surface area contributed by atoms with Crippen molar-refractivity contribution < 1.29 is 0 Å². The van der Waals surface area contributed by atoms with E-state index in [0.717, 1.165) is 17.7 Å². The number of nitrogens with one attached hydrogen (secondary N) is 1. The Hall–Kier alpha value is -1.16. The SMILES string of the molecule is CNC(Cc1ccc(Cl)cc1Cl)c1ccncn1. The molecule has 5 heteroatoms. The molecule has 1 atom stereocenters. The van der Waals surface area contributed by atoms with Gasteiger partial charge in [-0.3, -0.25) is 0 Å². The quantitative estimate of drug-likeness (QED) is 0.935. The Morgan fingerprint density at radius 3 is 2.72 bits per heavy atom. The molecule has 18 heavy (non-hydrogen) atoms. The van der Waals surface area contributed by atoms with Gasteiger partial charge in [0.25, 0.3) is 0 Å². The van der Waals surface area contributed by atoms with E-state index in [1.807, 2.05) is 25.2 Å². The van der Waals surface area contributed by atoms with Gasteiger partial charge >= 0.3 is 0 Å². The van der Waals surface area contributed by atoms with E-state index in [9.17, 15) is 0 Å². The number of hydrogen-bond donors (Lipinski definition) is 1. The molecule has 0 aliphatic carbocycles. The van der Waals surface area contributed by atoms with Crippen molar-refractivity contribution in [2.45, 2.75) is 12.5 Å². The van der Waals surface area contributed by atoms with Gasteiger partial charge in [-0.15, -0.1) is 0 Å². The van der Waals surface area contributed by atoms with Crippen molar-refractivity contribution in [1.82, 2.24) is 15.3 Å². The van der Waals surface area contributed by atoms with E-state index in [4.69, 9.17) is 23.2 Å². The molecule has 94 valence electrons. The summed E-state index contributed by atoms with van der Waals surface area (Å²) in [5, 5.41) is 4.55. The molecule has 1 aromatic heterocycles. The number of benzene rings is 1. The number of likely N-dealkylation sites (N-methyl/N-ethyl adjacent to an activating group) is 1. The smallest absolute Gasteiger partial charge is 0.115 e. The van der Waals surface area contributed by atoms with Crippen LogP contribution in [0.15, 0.2) is 36.8 Å². The summed E-state index contributed by atoms with van der Waals surface area (Å²) in [5.74, 6) is 0. The molecule has 1 aromatic carbocycles. The predicted molar refractivity (Wildman–Crippen MR) is 74.0 cm³/mol. The van der Waals surface area contributed by atoms with Gasteiger partial charge in [0.1, 0.15) is 6.33 Å². The van der Waals surface area contributed by atoms with E-state index in [0.29, 0.717) is 10.0 Å². The van der Waals surface area contributed by atoms with Gasteiger partial charge < -0.3 is 5.32 Å². The molecule has 1 unspecified atom stereocenters. The van der Waals surface area contributed by atoms with Crippen LogP contribution < -0.4 is 5.32 Å². The third kappa shape index (κ3) is 3.19. The first-order valence-corrected chi connectivity index (χ1v) is 6.33. The van der Waals surface area contributed by atoms with E-state index in [1.165, 1.54) is 0 Å². The largest absolute Gasteiger partial charge is 0.311 e. The fourth-order valence-electron chi connectivity index (χ4n) is 1.77. The molecule has 0 saturated heterocycles. The molecule has 0 amide bonds. The third-order valence-corrected chi connectivity index (χ3v) is 3.34. The first-order chi connectivity index (χ1) is 8.70. The van der Waals surface area contributed by atoms with E-state index in [2.05, 4.69) is 15.3 Å². The van der Waals surface area contributed by atoms with Crippen LogP contribution in [-0.4, -0.2) is 17.0 Å². The van der Waals surface area contributed by atoms with Crippen LogP contribution in [0.5, 0.6) is 0 Å². The summed E-state index contributed by atoms with van der Waals surface area (Å²) in [6.45, 7) is 0. The minimum Gasteiger partial charge on any atom is -0.311 e. The van der Waals surface area contributed by atoms with E-state index < -0.39 is 0 Å². The number of halogens is 2. The maximum absolute atomic E-state index is 6.17. The first-order valence-electron chi connectivity index (χ1n) is 5.58. The second-order valence-corrected chi connectivity index (χ2v) is 4.76. The maximum atomic E-state index is 6.17. The van der Waals surface area contributed by atoms with Crippen molar-refractivity contribution in [3.05, 3.63) is 58.1 Å². The van der Waals surface area contributed by atoms with Crippen LogP contribution in [0.25, 0.3) is 0 Å². The van der Waals surface area contributed by atoms with Crippen LogP contribution in [0.4, 0.5) is 0 Å². The fourth-order valence-corrected chi connectivity index (χ4v) is 2.25. The highest BCUT2D eigenvalue weighted by Gasteiger charge is 2.13. The van der Waals surface area contributed by atoms with Gasteiger partial charge in [-0.1, -0.05) is 29.3 Å². The Kier molecular flexibility index (Phi) is 4.53. The summed E-state index contributed by atoms with van der Waals surface area (Å²) in [4.78, 5) is 8.17. The minimum absolute atomic E-state index is 0.103. The average Bonchev–Trinajstić information content (AvgIpc) is 2.39. The second-order valence-electron chi connectivity index (χ2n) is 3.92. The Balaban J connectivity index is 2.21.